The first-order valence-electron chi connectivity index (χ1n) is 4.52. The van der Waals surface area contributed by atoms with E-state index in [0.29, 0.717) is 6.07 Å². The number of alkyl halides is 2. The molecule has 0 aliphatic heterocycles. The van der Waals surface area contributed by atoms with Crippen molar-refractivity contribution >= 4 is 11.8 Å². The molecule has 0 spiro atoms. The van der Waals surface area contributed by atoms with Crippen LogP contribution in [-0.4, -0.2) is 30.1 Å². The number of esters is 1. The maximum Gasteiger partial charge on any atom is 0.368 e. The van der Waals surface area contributed by atoms with Crippen LogP contribution in [0.1, 0.15) is 22.3 Å². The molecular weight excluding hydrogens is 254 g/mol. The predicted octanol–water partition coefficient (Wildman–Crippen LogP) is 1.72. The molecule has 0 saturated heterocycles. The summed E-state index contributed by atoms with van der Waals surface area (Å²) in [4.78, 5) is 24.2. The molecule has 1 heterocycles. The Bertz CT molecular complexity index is 492. The van der Waals surface area contributed by atoms with Crippen LogP contribution in [0.3, 0.4) is 0 Å². The van der Waals surface area contributed by atoms with E-state index in [1.54, 1.807) is 0 Å². The minimum absolute atomic E-state index is 0.621. The summed E-state index contributed by atoms with van der Waals surface area (Å²) in [5, 5.41) is 10.6. The molecule has 0 fully saturated rings. The fraction of sp³-hybridized carbons (Fsp3) is 0.333. The van der Waals surface area contributed by atoms with Crippen LogP contribution >= 0.6 is 0 Å². The summed E-state index contributed by atoms with van der Waals surface area (Å²) in [5.41, 5.74) is -1.49. The van der Waals surface area contributed by atoms with Gasteiger partial charge >= 0.3 is 17.7 Å². The second-order valence-corrected chi connectivity index (χ2v) is 3.00. The molecule has 0 atom stereocenters. The van der Waals surface area contributed by atoms with Crippen molar-refractivity contribution in [2.75, 3.05) is 14.2 Å². The number of nitrogens with zero attached hydrogens (tertiary/aromatic N) is 2. The number of carbonyl (C=O) groups is 1. The van der Waals surface area contributed by atoms with Crippen molar-refractivity contribution in [1.82, 2.24) is 4.98 Å². The molecule has 1 rings (SSSR count). The molecule has 0 aromatic carbocycles. The van der Waals surface area contributed by atoms with Crippen molar-refractivity contribution in [1.29, 1.82) is 0 Å². The monoisotopic (exact) mass is 262 g/mol. The molecule has 18 heavy (non-hydrogen) atoms. The van der Waals surface area contributed by atoms with Gasteiger partial charge in [-0.15, -0.1) is 0 Å². The third kappa shape index (κ3) is 2.50. The summed E-state index contributed by atoms with van der Waals surface area (Å²) in [6, 6.07) is 0.621. The van der Waals surface area contributed by atoms with Gasteiger partial charge in [0.2, 0.25) is 0 Å². The summed E-state index contributed by atoms with van der Waals surface area (Å²) in [7, 11) is 1.98. The van der Waals surface area contributed by atoms with E-state index >= 15 is 0 Å². The lowest BCUT2D eigenvalue weighted by atomic mass is 10.1. The number of rotatable bonds is 4. The van der Waals surface area contributed by atoms with E-state index in [4.69, 9.17) is 0 Å². The first-order chi connectivity index (χ1) is 8.42. The van der Waals surface area contributed by atoms with Gasteiger partial charge in [0.25, 0.3) is 6.43 Å². The third-order valence-electron chi connectivity index (χ3n) is 2.01. The van der Waals surface area contributed by atoms with Gasteiger partial charge in [-0.05, 0) is 4.92 Å². The number of hydrogen-bond donors (Lipinski definition) is 0. The number of methoxy groups -OCH3 is 2. The van der Waals surface area contributed by atoms with Crippen molar-refractivity contribution in [3.8, 4) is 5.88 Å². The largest absolute Gasteiger partial charge is 0.465 e. The molecule has 1 aromatic heterocycles. The molecule has 9 heteroatoms. The highest BCUT2D eigenvalue weighted by Crippen LogP contribution is 2.33. The molecule has 0 N–H and O–H groups in total. The summed E-state index contributed by atoms with van der Waals surface area (Å²) in [5.74, 6) is -2.59. The Morgan fingerprint density at radius 3 is 2.50 bits per heavy atom. The van der Waals surface area contributed by atoms with Crippen molar-refractivity contribution in [2.45, 2.75) is 6.43 Å². The van der Waals surface area contributed by atoms with Crippen molar-refractivity contribution < 1.29 is 28.0 Å². The molecule has 0 radical (unpaired) electrons. The van der Waals surface area contributed by atoms with Gasteiger partial charge in [-0.25, -0.2) is 13.6 Å². The molecule has 0 aliphatic rings. The molecule has 98 valence electrons. The lowest BCUT2D eigenvalue weighted by molar-refractivity contribution is -0.389. The third-order valence-corrected chi connectivity index (χ3v) is 2.01. The number of hydrogen-bond acceptors (Lipinski definition) is 6. The quantitative estimate of drug-likeness (QED) is 0.466. The van der Waals surface area contributed by atoms with E-state index in [9.17, 15) is 23.7 Å². The Balaban J connectivity index is 3.56. The number of aromatic nitrogens is 1. The molecule has 7 nitrogen and oxygen atoms in total. The second kappa shape index (κ2) is 5.34. The molecule has 0 saturated carbocycles. The van der Waals surface area contributed by atoms with Crippen molar-refractivity contribution in [3.05, 3.63) is 27.3 Å². The first-order valence-corrected chi connectivity index (χ1v) is 4.52. The van der Waals surface area contributed by atoms with Crippen LogP contribution < -0.4 is 4.74 Å². The van der Waals surface area contributed by atoms with Crippen LogP contribution in [0.25, 0.3) is 0 Å². The van der Waals surface area contributed by atoms with Gasteiger partial charge in [-0.3, -0.25) is 0 Å². The molecule has 0 bridgehead atoms. The molecular formula is C9H8F2N2O5. The second-order valence-electron chi connectivity index (χ2n) is 3.00. The number of ether oxygens (including phenoxy) is 2. The van der Waals surface area contributed by atoms with Gasteiger partial charge < -0.3 is 19.6 Å². The summed E-state index contributed by atoms with van der Waals surface area (Å²) in [6.45, 7) is 0. The highest BCUT2D eigenvalue weighted by Gasteiger charge is 2.31. The normalized spacial score (nSPS) is 10.3. The smallest absolute Gasteiger partial charge is 0.368 e. The summed E-state index contributed by atoms with van der Waals surface area (Å²) >= 11 is 0. The van der Waals surface area contributed by atoms with Crippen molar-refractivity contribution in [2.24, 2.45) is 0 Å². The van der Waals surface area contributed by atoms with Gasteiger partial charge in [-0.1, -0.05) is 0 Å². The summed E-state index contributed by atoms with van der Waals surface area (Å²) < 4.78 is 34.4. The number of pyridine rings is 1. The van der Waals surface area contributed by atoms with Gasteiger partial charge in [0, 0.05) is 4.98 Å². The Kier molecular flexibility index (Phi) is 4.08. The van der Waals surface area contributed by atoms with E-state index in [2.05, 4.69) is 14.5 Å². The zero-order chi connectivity index (χ0) is 13.9. The highest BCUT2D eigenvalue weighted by atomic mass is 19.3. The van der Waals surface area contributed by atoms with Gasteiger partial charge in [0.1, 0.15) is 5.56 Å². The first kappa shape index (κ1) is 13.7. The van der Waals surface area contributed by atoms with Crippen molar-refractivity contribution in [3.63, 3.8) is 0 Å². The van der Waals surface area contributed by atoms with E-state index in [-0.39, 0.29) is 0 Å². The zero-order valence-corrected chi connectivity index (χ0v) is 9.35. The Morgan fingerprint density at radius 1 is 1.50 bits per heavy atom. The fourth-order valence-corrected chi connectivity index (χ4v) is 1.26. The van der Waals surface area contributed by atoms with Gasteiger partial charge in [-0.2, -0.15) is 0 Å². The summed E-state index contributed by atoms with van der Waals surface area (Å²) in [6.07, 6.45) is -3.08. The average Bonchev–Trinajstić information content (AvgIpc) is 2.35. The minimum Gasteiger partial charge on any atom is -0.465 e. The van der Waals surface area contributed by atoms with Crippen LogP contribution in [0, 0.1) is 10.1 Å². The number of nitro groups is 1. The highest BCUT2D eigenvalue weighted by molar-refractivity contribution is 5.92. The fourth-order valence-electron chi connectivity index (χ4n) is 1.26. The maximum absolute atomic E-state index is 12.8. The topological polar surface area (TPSA) is 91.6 Å². The van der Waals surface area contributed by atoms with Gasteiger partial charge in [0.15, 0.2) is 0 Å². The average molecular weight is 262 g/mol. The van der Waals surface area contributed by atoms with E-state index < -0.39 is 40.1 Å². The van der Waals surface area contributed by atoms with Crippen LogP contribution in [-0.2, 0) is 4.74 Å². The Hall–Kier alpha value is -2.32. The Labute approximate surface area is 99.5 Å². The predicted molar refractivity (Wildman–Crippen MR) is 53.7 cm³/mol. The van der Waals surface area contributed by atoms with Crippen LogP contribution in [0.2, 0.25) is 0 Å². The molecule has 0 unspecified atom stereocenters. The number of halogens is 2. The van der Waals surface area contributed by atoms with Crippen LogP contribution in [0.15, 0.2) is 6.07 Å². The standard InChI is InChI=1S/C9H8F2N2O5/c1-17-8-6(7(10)11)4(9(14)18-2)3-5(12-8)13(15)16/h3,7H,1-2H3. The molecule has 0 aliphatic carbocycles. The van der Waals surface area contributed by atoms with Gasteiger partial charge in [0.05, 0.1) is 25.8 Å². The SMILES string of the molecule is COC(=O)c1cc([N+](=O)[O-])nc(OC)c1C(F)F. The van der Waals surface area contributed by atoms with E-state index in [0.717, 1.165) is 14.2 Å². The van der Waals surface area contributed by atoms with Crippen LogP contribution in [0.5, 0.6) is 5.88 Å². The minimum atomic E-state index is -3.08. The lowest BCUT2D eigenvalue weighted by Gasteiger charge is -2.08. The maximum atomic E-state index is 12.8. The van der Waals surface area contributed by atoms with E-state index in [1.165, 1.54) is 0 Å². The molecule has 1 aromatic rings. The van der Waals surface area contributed by atoms with E-state index in [1.807, 2.05) is 0 Å². The zero-order valence-electron chi connectivity index (χ0n) is 9.35. The van der Waals surface area contributed by atoms with Crippen LogP contribution in [0.4, 0.5) is 14.6 Å². The Morgan fingerprint density at radius 2 is 2.11 bits per heavy atom. The lowest BCUT2D eigenvalue weighted by Crippen LogP contribution is -2.10. The molecule has 0 amide bonds. The number of carbonyl (C=O) groups excluding carboxylic acids is 1.